The average Bonchev–Trinajstić information content (AvgIpc) is 2.46. The molecule has 1 aromatic rings. The summed E-state index contributed by atoms with van der Waals surface area (Å²) in [6, 6.07) is 1.59. The minimum Gasteiger partial charge on any atom is -0.486 e. The van der Waals surface area contributed by atoms with Crippen molar-refractivity contribution in [1.29, 1.82) is 0 Å². The van der Waals surface area contributed by atoms with Gasteiger partial charge in [0.2, 0.25) is 5.05 Å². The molecule has 0 aliphatic rings. The van der Waals surface area contributed by atoms with Gasteiger partial charge in [-0.3, -0.25) is 0 Å². The Balaban J connectivity index is 3.10. The summed E-state index contributed by atoms with van der Waals surface area (Å²) in [5.41, 5.74) is 0.842. The van der Waals surface area contributed by atoms with Crippen molar-refractivity contribution in [2.75, 3.05) is 7.11 Å². The molecule has 0 aliphatic carbocycles. The largest absolute Gasteiger partial charge is 0.486 e. The van der Waals surface area contributed by atoms with Crippen molar-refractivity contribution in [2.24, 2.45) is 0 Å². The van der Waals surface area contributed by atoms with Crippen LogP contribution in [0.2, 0.25) is 0 Å². The highest BCUT2D eigenvalue weighted by Gasteiger charge is 2.14. The predicted molar refractivity (Wildman–Crippen MR) is 54.7 cm³/mol. The van der Waals surface area contributed by atoms with Crippen LogP contribution in [-0.4, -0.2) is 23.2 Å². The van der Waals surface area contributed by atoms with Gasteiger partial charge in [0.15, 0.2) is 0 Å². The van der Waals surface area contributed by atoms with E-state index < -0.39 is 5.97 Å². The second kappa shape index (κ2) is 3.85. The fraction of sp³-hybridized carbons (Fsp3) is 0.250. The lowest BCUT2D eigenvalue weighted by atomic mass is 10.3. The third-order valence-corrected chi connectivity index (χ3v) is 3.22. The Morgan fingerprint density at radius 1 is 1.69 bits per heavy atom. The van der Waals surface area contributed by atoms with E-state index in [4.69, 9.17) is 22.1 Å². The summed E-state index contributed by atoms with van der Waals surface area (Å²) < 4.78 is 4.86. The number of carboxylic acid groups (broad SMARTS) is 1. The summed E-state index contributed by atoms with van der Waals surface area (Å²) >= 11 is 6.04. The summed E-state index contributed by atoms with van der Waals surface area (Å²) in [7, 11) is 1.47. The normalized spacial score (nSPS) is 9.69. The molecule has 1 aromatic heterocycles. The number of aromatic carboxylic acids is 1. The minimum atomic E-state index is -0.932. The van der Waals surface area contributed by atoms with Crippen LogP contribution in [0.1, 0.15) is 20.1 Å². The summed E-state index contributed by atoms with van der Waals surface area (Å²) in [6.07, 6.45) is 0. The summed E-state index contributed by atoms with van der Waals surface area (Å²) in [4.78, 5) is 11.6. The van der Waals surface area contributed by atoms with Gasteiger partial charge in [0.25, 0.3) is 0 Å². The van der Waals surface area contributed by atoms with Crippen LogP contribution in [0.25, 0.3) is 0 Å². The van der Waals surface area contributed by atoms with Gasteiger partial charge in [0, 0.05) is 0 Å². The van der Waals surface area contributed by atoms with Crippen molar-refractivity contribution < 1.29 is 14.6 Å². The third kappa shape index (κ3) is 2.05. The number of hydrogen-bond acceptors (Lipinski definition) is 4. The van der Waals surface area contributed by atoms with Gasteiger partial charge in [-0.1, -0.05) is 0 Å². The van der Waals surface area contributed by atoms with Gasteiger partial charge in [0.1, 0.15) is 4.88 Å². The van der Waals surface area contributed by atoms with Crippen molar-refractivity contribution >= 4 is 34.6 Å². The lowest BCUT2D eigenvalue weighted by molar-refractivity contribution is 0.0702. The quantitative estimate of drug-likeness (QED) is 0.769. The molecule has 1 heterocycles. The first-order valence-corrected chi connectivity index (χ1v) is 4.70. The topological polar surface area (TPSA) is 46.5 Å². The number of ether oxygens (including phenoxy) is 1. The zero-order valence-electron chi connectivity index (χ0n) is 7.16. The second-order valence-electron chi connectivity index (χ2n) is 2.42. The molecule has 1 N–H and O–H groups in total. The van der Waals surface area contributed by atoms with Crippen molar-refractivity contribution in [3.05, 3.63) is 21.4 Å². The Hall–Kier alpha value is -0.940. The van der Waals surface area contributed by atoms with Crippen LogP contribution in [0.3, 0.4) is 0 Å². The van der Waals surface area contributed by atoms with E-state index in [2.05, 4.69) is 0 Å². The van der Waals surface area contributed by atoms with Crippen LogP contribution in [-0.2, 0) is 4.74 Å². The van der Waals surface area contributed by atoms with Gasteiger partial charge >= 0.3 is 5.97 Å². The minimum absolute atomic E-state index is 0.284. The number of thiocarbonyl (C=S) groups is 1. The fourth-order valence-corrected chi connectivity index (χ4v) is 2.10. The Morgan fingerprint density at radius 3 is 2.69 bits per heavy atom. The van der Waals surface area contributed by atoms with E-state index in [1.165, 1.54) is 7.11 Å². The lowest BCUT2D eigenvalue weighted by Gasteiger charge is -1.98. The zero-order chi connectivity index (χ0) is 10.0. The highest BCUT2D eigenvalue weighted by molar-refractivity contribution is 7.80. The fourth-order valence-electron chi connectivity index (χ4n) is 0.883. The third-order valence-electron chi connectivity index (χ3n) is 1.50. The summed E-state index contributed by atoms with van der Waals surface area (Å²) in [5.74, 6) is -0.932. The van der Waals surface area contributed by atoms with Gasteiger partial charge in [-0.15, -0.1) is 11.3 Å². The van der Waals surface area contributed by atoms with Crippen molar-refractivity contribution in [3.8, 4) is 0 Å². The Labute approximate surface area is 85.0 Å². The molecule has 0 aromatic carbocycles. The molecule has 0 atom stereocenters. The van der Waals surface area contributed by atoms with Crippen molar-refractivity contribution in [1.82, 2.24) is 0 Å². The van der Waals surface area contributed by atoms with Crippen LogP contribution >= 0.6 is 23.6 Å². The number of carboxylic acids is 1. The van der Waals surface area contributed by atoms with Gasteiger partial charge in [-0.25, -0.2) is 4.79 Å². The van der Waals surface area contributed by atoms with E-state index in [1.807, 2.05) is 6.92 Å². The highest BCUT2D eigenvalue weighted by atomic mass is 32.1. The molecule has 0 aliphatic heterocycles. The molecule has 70 valence electrons. The molecule has 0 bridgehead atoms. The number of thiophene rings is 1. The molecular weight excluding hydrogens is 208 g/mol. The van der Waals surface area contributed by atoms with E-state index in [0.29, 0.717) is 5.05 Å². The summed E-state index contributed by atoms with van der Waals surface area (Å²) in [6.45, 7) is 1.81. The first-order chi connectivity index (χ1) is 6.06. The van der Waals surface area contributed by atoms with E-state index in [0.717, 1.165) is 21.8 Å². The van der Waals surface area contributed by atoms with E-state index in [1.54, 1.807) is 6.07 Å². The molecule has 0 amide bonds. The van der Waals surface area contributed by atoms with Crippen LogP contribution in [0.5, 0.6) is 0 Å². The Kier molecular flexibility index (Phi) is 3.00. The predicted octanol–water partition coefficient (Wildman–Crippen LogP) is 2.08. The van der Waals surface area contributed by atoms with Gasteiger partial charge in [-0.05, 0) is 30.8 Å². The molecule has 0 fully saturated rings. The molecule has 3 nitrogen and oxygen atoms in total. The molecule has 0 radical (unpaired) electrons. The Bertz CT molecular complexity index is 354. The summed E-state index contributed by atoms with van der Waals surface area (Å²) in [5, 5.41) is 9.05. The molecule has 0 saturated carbocycles. The zero-order valence-corrected chi connectivity index (χ0v) is 8.79. The molecule has 1 rings (SSSR count). The average molecular weight is 216 g/mol. The van der Waals surface area contributed by atoms with E-state index in [9.17, 15) is 4.79 Å². The number of rotatable bonds is 2. The van der Waals surface area contributed by atoms with Crippen LogP contribution in [0, 0.1) is 6.92 Å². The molecule has 5 heteroatoms. The SMILES string of the molecule is COC(=S)c1sc(C(=O)O)cc1C. The van der Waals surface area contributed by atoms with Crippen LogP contribution in [0.15, 0.2) is 6.07 Å². The number of methoxy groups -OCH3 is 1. The molecule has 0 unspecified atom stereocenters. The van der Waals surface area contributed by atoms with Gasteiger partial charge in [-0.2, -0.15) is 0 Å². The number of hydrogen-bond donors (Lipinski definition) is 1. The van der Waals surface area contributed by atoms with Crippen LogP contribution < -0.4 is 0 Å². The van der Waals surface area contributed by atoms with E-state index in [-0.39, 0.29) is 4.88 Å². The number of carbonyl (C=O) groups is 1. The molecule has 0 spiro atoms. The molecule has 0 saturated heterocycles. The monoisotopic (exact) mass is 216 g/mol. The highest BCUT2D eigenvalue weighted by Crippen LogP contribution is 2.22. The number of aryl methyl sites for hydroxylation is 1. The van der Waals surface area contributed by atoms with Gasteiger partial charge in [0.05, 0.1) is 12.0 Å². The Morgan fingerprint density at radius 2 is 2.31 bits per heavy atom. The van der Waals surface area contributed by atoms with Gasteiger partial charge < -0.3 is 9.84 Å². The molecular formula is C8H8O3S2. The maximum atomic E-state index is 10.6. The smallest absolute Gasteiger partial charge is 0.345 e. The molecule has 13 heavy (non-hydrogen) atoms. The first kappa shape index (κ1) is 10.1. The van der Waals surface area contributed by atoms with Crippen molar-refractivity contribution in [2.45, 2.75) is 6.92 Å². The second-order valence-corrected chi connectivity index (χ2v) is 3.84. The lowest BCUT2D eigenvalue weighted by Crippen LogP contribution is -1.97. The maximum Gasteiger partial charge on any atom is 0.345 e. The standard InChI is InChI=1S/C8H8O3S2/c1-4-3-5(7(9)10)13-6(4)8(12)11-2/h3H,1-2H3,(H,9,10). The first-order valence-electron chi connectivity index (χ1n) is 3.48. The van der Waals surface area contributed by atoms with Crippen LogP contribution in [0.4, 0.5) is 0 Å². The van der Waals surface area contributed by atoms with E-state index >= 15 is 0 Å². The van der Waals surface area contributed by atoms with Crippen molar-refractivity contribution in [3.63, 3.8) is 0 Å². The maximum absolute atomic E-state index is 10.6.